The highest BCUT2D eigenvalue weighted by Crippen LogP contribution is 2.26. The van der Waals surface area contributed by atoms with E-state index in [-0.39, 0.29) is 11.4 Å². The van der Waals surface area contributed by atoms with Crippen LogP contribution in [0, 0.1) is 0 Å². The summed E-state index contributed by atoms with van der Waals surface area (Å²) in [6, 6.07) is 1.66. The van der Waals surface area contributed by atoms with Gasteiger partial charge in [-0.2, -0.15) is 0 Å². The molecule has 1 N–H and O–H groups in total. The number of hydrogen-bond acceptors (Lipinski definition) is 2. The Morgan fingerprint density at radius 1 is 1.53 bits per heavy atom. The van der Waals surface area contributed by atoms with Crippen LogP contribution in [0.5, 0.6) is 0 Å². The lowest BCUT2D eigenvalue weighted by Gasteiger charge is -2.20. The Bertz CT molecular complexity index is 352. The van der Waals surface area contributed by atoms with E-state index >= 15 is 0 Å². The molecular formula is C11H16FNOS. The van der Waals surface area contributed by atoms with Crippen LogP contribution in [0.3, 0.4) is 0 Å². The molecular weight excluding hydrogens is 213 g/mol. The molecule has 0 aliphatic rings. The Kier molecular flexibility index (Phi) is 3.50. The second-order valence-corrected chi connectivity index (χ2v) is 5.44. The van der Waals surface area contributed by atoms with E-state index in [9.17, 15) is 9.18 Å². The van der Waals surface area contributed by atoms with Crippen LogP contribution in [-0.4, -0.2) is 11.4 Å². The molecule has 0 saturated carbocycles. The molecule has 0 radical (unpaired) electrons. The molecule has 0 spiro atoms. The first-order chi connectivity index (χ1) is 6.81. The molecule has 1 amide bonds. The van der Waals surface area contributed by atoms with Gasteiger partial charge >= 0.3 is 0 Å². The van der Waals surface area contributed by atoms with Crippen molar-refractivity contribution in [3.8, 4) is 0 Å². The summed E-state index contributed by atoms with van der Waals surface area (Å²) < 4.78 is 13.1. The average molecular weight is 229 g/mol. The number of nitrogens with one attached hydrogen (secondary N) is 1. The summed E-state index contributed by atoms with van der Waals surface area (Å²) in [6.45, 7) is 7.14. The lowest BCUT2D eigenvalue weighted by atomic mass is 10.1. The molecule has 0 fully saturated rings. The molecule has 1 unspecified atom stereocenters. The van der Waals surface area contributed by atoms with Crippen LogP contribution < -0.4 is 5.32 Å². The normalized spacial score (nSPS) is 13.7. The molecule has 1 aromatic heterocycles. The first-order valence-corrected chi connectivity index (χ1v) is 5.73. The molecule has 1 atom stereocenters. The quantitative estimate of drug-likeness (QED) is 0.828. The third-order valence-corrected chi connectivity index (χ3v) is 2.75. The molecule has 2 nitrogen and oxygen atoms in total. The third kappa shape index (κ3) is 3.30. The van der Waals surface area contributed by atoms with Gasteiger partial charge in [-0.3, -0.25) is 4.79 Å². The van der Waals surface area contributed by atoms with Gasteiger partial charge in [0.2, 0.25) is 0 Å². The highest BCUT2D eigenvalue weighted by Gasteiger charge is 2.21. The van der Waals surface area contributed by atoms with Crippen molar-refractivity contribution in [3.05, 3.63) is 21.9 Å². The van der Waals surface area contributed by atoms with Gasteiger partial charge in [-0.05, 0) is 39.1 Å². The second kappa shape index (κ2) is 4.31. The van der Waals surface area contributed by atoms with E-state index in [1.165, 1.54) is 18.3 Å². The Labute approximate surface area is 93.5 Å². The van der Waals surface area contributed by atoms with Gasteiger partial charge in [0, 0.05) is 11.1 Å². The lowest BCUT2D eigenvalue weighted by Crippen LogP contribution is -2.40. The van der Waals surface area contributed by atoms with E-state index in [2.05, 4.69) is 5.32 Å². The zero-order chi connectivity index (χ0) is 11.6. The van der Waals surface area contributed by atoms with Crippen LogP contribution in [0.25, 0.3) is 0 Å². The van der Waals surface area contributed by atoms with Crippen LogP contribution in [0.2, 0.25) is 0 Å². The number of carbonyl (C=O) groups is 1. The Morgan fingerprint density at radius 2 is 2.13 bits per heavy atom. The van der Waals surface area contributed by atoms with Gasteiger partial charge in [-0.25, -0.2) is 4.39 Å². The SMILES string of the molecule is CC(F)c1ccsc1C(=O)NC(C)(C)C. The molecule has 0 aromatic carbocycles. The second-order valence-electron chi connectivity index (χ2n) is 4.53. The predicted octanol–water partition coefficient (Wildman–Crippen LogP) is 3.31. The first kappa shape index (κ1) is 12.2. The fourth-order valence-corrected chi connectivity index (χ4v) is 2.09. The summed E-state index contributed by atoms with van der Waals surface area (Å²) in [7, 11) is 0. The van der Waals surface area contributed by atoms with Crippen LogP contribution >= 0.6 is 11.3 Å². The summed E-state index contributed by atoms with van der Waals surface area (Å²) in [5, 5.41) is 4.56. The van der Waals surface area contributed by atoms with E-state index in [1.807, 2.05) is 20.8 Å². The van der Waals surface area contributed by atoms with E-state index in [0.29, 0.717) is 10.4 Å². The maximum atomic E-state index is 13.1. The van der Waals surface area contributed by atoms with Crippen LogP contribution in [0.15, 0.2) is 11.4 Å². The molecule has 84 valence electrons. The predicted molar refractivity (Wildman–Crippen MR) is 61.1 cm³/mol. The standard InChI is InChI=1S/C11H16FNOS/c1-7(12)8-5-6-15-9(8)10(14)13-11(2,3)4/h5-7H,1-4H3,(H,13,14). The zero-order valence-corrected chi connectivity index (χ0v) is 10.2. The van der Waals surface area contributed by atoms with Crippen molar-refractivity contribution in [2.45, 2.75) is 39.4 Å². The molecule has 15 heavy (non-hydrogen) atoms. The maximum Gasteiger partial charge on any atom is 0.262 e. The highest BCUT2D eigenvalue weighted by molar-refractivity contribution is 7.12. The van der Waals surface area contributed by atoms with Gasteiger partial charge in [0.1, 0.15) is 6.17 Å². The summed E-state index contributed by atoms with van der Waals surface area (Å²) in [4.78, 5) is 12.3. The van der Waals surface area contributed by atoms with Crippen LogP contribution in [-0.2, 0) is 0 Å². The molecule has 0 aliphatic carbocycles. The molecule has 0 aliphatic heterocycles. The van der Waals surface area contributed by atoms with Crippen LogP contribution in [0.4, 0.5) is 4.39 Å². The molecule has 4 heteroatoms. The molecule has 0 bridgehead atoms. The average Bonchev–Trinajstić information content (AvgIpc) is 2.47. The highest BCUT2D eigenvalue weighted by atomic mass is 32.1. The molecule has 1 aromatic rings. The fraction of sp³-hybridized carbons (Fsp3) is 0.545. The largest absolute Gasteiger partial charge is 0.347 e. The van der Waals surface area contributed by atoms with Crippen molar-refractivity contribution >= 4 is 17.2 Å². The van der Waals surface area contributed by atoms with Gasteiger partial charge in [0.05, 0.1) is 4.88 Å². The minimum atomic E-state index is -1.10. The molecule has 1 heterocycles. The fourth-order valence-electron chi connectivity index (χ4n) is 1.21. The van der Waals surface area contributed by atoms with Crippen molar-refractivity contribution in [1.29, 1.82) is 0 Å². The van der Waals surface area contributed by atoms with E-state index in [4.69, 9.17) is 0 Å². The van der Waals surface area contributed by atoms with Crippen LogP contribution in [0.1, 0.15) is 49.1 Å². The van der Waals surface area contributed by atoms with Crippen molar-refractivity contribution in [3.63, 3.8) is 0 Å². The Morgan fingerprint density at radius 3 is 2.60 bits per heavy atom. The van der Waals surface area contributed by atoms with E-state index in [0.717, 1.165) is 0 Å². The first-order valence-electron chi connectivity index (χ1n) is 4.85. The minimum Gasteiger partial charge on any atom is -0.347 e. The van der Waals surface area contributed by atoms with E-state index < -0.39 is 6.17 Å². The summed E-state index contributed by atoms with van der Waals surface area (Å²) in [5.74, 6) is -0.197. The number of halogens is 1. The maximum absolute atomic E-state index is 13.1. The monoisotopic (exact) mass is 229 g/mol. The van der Waals surface area contributed by atoms with E-state index in [1.54, 1.807) is 11.4 Å². The number of rotatable bonds is 2. The van der Waals surface area contributed by atoms with Gasteiger partial charge in [-0.15, -0.1) is 11.3 Å². The number of thiophene rings is 1. The minimum absolute atomic E-state index is 0.197. The van der Waals surface area contributed by atoms with Gasteiger partial charge in [0.15, 0.2) is 0 Å². The summed E-state index contributed by atoms with van der Waals surface area (Å²) in [5.41, 5.74) is 0.180. The third-order valence-electron chi connectivity index (χ3n) is 1.82. The lowest BCUT2D eigenvalue weighted by molar-refractivity contribution is 0.0921. The topological polar surface area (TPSA) is 29.1 Å². The number of amides is 1. The van der Waals surface area contributed by atoms with Gasteiger partial charge in [0.25, 0.3) is 5.91 Å². The summed E-state index contributed by atoms with van der Waals surface area (Å²) in [6.07, 6.45) is -1.10. The number of carbonyl (C=O) groups excluding carboxylic acids is 1. The molecule has 0 saturated heterocycles. The Hall–Kier alpha value is -0.900. The van der Waals surface area contributed by atoms with Crippen molar-refractivity contribution in [1.82, 2.24) is 5.32 Å². The van der Waals surface area contributed by atoms with Crippen molar-refractivity contribution < 1.29 is 9.18 Å². The smallest absolute Gasteiger partial charge is 0.262 e. The Balaban J connectivity index is 2.87. The number of hydrogen-bond donors (Lipinski definition) is 1. The van der Waals surface area contributed by atoms with Crippen molar-refractivity contribution in [2.75, 3.05) is 0 Å². The summed E-state index contributed by atoms with van der Waals surface area (Å²) >= 11 is 1.27. The van der Waals surface area contributed by atoms with Gasteiger partial charge < -0.3 is 5.32 Å². The molecule has 1 rings (SSSR count). The van der Waals surface area contributed by atoms with Crippen molar-refractivity contribution in [2.24, 2.45) is 0 Å². The van der Waals surface area contributed by atoms with Gasteiger partial charge in [-0.1, -0.05) is 0 Å². The number of alkyl halides is 1. The zero-order valence-electron chi connectivity index (χ0n) is 9.43.